The molecule has 0 radical (unpaired) electrons. The molecule has 1 aromatic carbocycles. The van der Waals surface area contributed by atoms with E-state index in [9.17, 15) is 0 Å². The largest absolute Gasteiger partial charge is 0.437 e. The van der Waals surface area contributed by atoms with Gasteiger partial charge < -0.3 is 10.5 Å². The molecule has 0 aliphatic carbocycles. The highest BCUT2D eigenvalue weighted by Gasteiger charge is 2.07. The van der Waals surface area contributed by atoms with Gasteiger partial charge in [0.1, 0.15) is 10.7 Å². The van der Waals surface area contributed by atoms with Crippen LogP contribution in [0.1, 0.15) is 16.8 Å². The van der Waals surface area contributed by atoms with E-state index in [0.29, 0.717) is 21.6 Å². The van der Waals surface area contributed by atoms with Gasteiger partial charge in [-0.2, -0.15) is 0 Å². The van der Waals surface area contributed by atoms with E-state index in [1.54, 1.807) is 12.1 Å². The molecular weight excluding hydrogens is 280 g/mol. The minimum absolute atomic E-state index is 0.311. The lowest BCUT2D eigenvalue weighted by atomic mass is 10.2. The van der Waals surface area contributed by atoms with Crippen molar-refractivity contribution in [1.29, 1.82) is 0 Å². The molecule has 1 aromatic heterocycles. The van der Waals surface area contributed by atoms with E-state index in [1.807, 2.05) is 32.0 Å². The van der Waals surface area contributed by atoms with Gasteiger partial charge in [-0.05, 0) is 37.6 Å². The molecule has 98 valence electrons. The van der Waals surface area contributed by atoms with Crippen molar-refractivity contribution in [3.63, 3.8) is 0 Å². The fraction of sp³-hybridized carbons (Fsp3) is 0.143. The summed E-state index contributed by atoms with van der Waals surface area (Å²) in [5, 5.41) is 0.533. The van der Waals surface area contributed by atoms with Crippen molar-refractivity contribution >= 4 is 28.8 Å². The van der Waals surface area contributed by atoms with Crippen molar-refractivity contribution in [2.75, 3.05) is 0 Å². The summed E-state index contributed by atoms with van der Waals surface area (Å²) in [6, 6.07) is 9.07. The first-order valence-electron chi connectivity index (χ1n) is 5.68. The van der Waals surface area contributed by atoms with Crippen LogP contribution in [0, 0.1) is 13.8 Å². The lowest BCUT2D eigenvalue weighted by Crippen LogP contribution is -2.10. The zero-order chi connectivity index (χ0) is 14.0. The number of aryl methyl sites for hydroxylation is 2. The topological polar surface area (TPSA) is 48.1 Å². The number of rotatable bonds is 3. The van der Waals surface area contributed by atoms with Gasteiger partial charge in [0, 0.05) is 17.3 Å². The second kappa shape index (κ2) is 5.55. The Hall–Kier alpha value is -1.65. The average Bonchev–Trinajstić information content (AvgIpc) is 2.33. The Labute approximate surface area is 122 Å². The summed E-state index contributed by atoms with van der Waals surface area (Å²) in [5.74, 6) is 0.990. The van der Waals surface area contributed by atoms with Crippen LogP contribution in [0.3, 0.4) is 0 Å². The molecule has 0 bridgehead atoms. The average molecular weight is 293 g/mol. The number of hydrogen-bond donors (Lipinski definition) is 1. The molecule has 0 amide bonds. The number of thiocarbonyl (C=S) groups is 1. The monoisotopic (exact) mass is 292 g/mol. The van der Waals surface area contributed by atoms with E-state index >= 15 is 0 Å². The van der Waals surface area contributed by atoms with Gasteiger partial charge in [0.2, 0.25) is 5.88 Å². The quantitative estimate of drug-likeness (QED) is 0.875. The molecule has 0 saturated carbocycles. The Morgan fingerprint density at radius 3 is 2.68 bits per heavy atom. The molecule has 0 aliphatic heterocycles. The summed E-state index contributed by atoms with van der Waals surface area (Å²) in [7, 11) is 0. The van der Waals surface area contributed by atoms with Crippen molar-refractivity contribution in [1.82, 2.24) is 4.98 Å². The van der Waals surface area contributed by atoms with Gasteiger partial charge in [0.25, 0.3) is 0 Å². The minimum Gasteiger partial charge on any atom is -0.437 e. The van der Waals surface area contributed by atoms with E-state index in [2.05, 4.69) is 4.98 Å². The maximum Gasteiger partial charge on any atom is 0.220 e. The van der Waals surface area contributed by atoms with Crippen molar-refractivity contribution in [2.45, 2.75) is 13.8 Å². The number of benzene rings is 1. The molecule has 5 heteroatoms. The molecule has 2 rings (SSSR count). The van der Waals surface area contributed by atoms with Gasteiger partial charge in [0.05, 0.1) is 5.02 Å². The maximum atomic E-state index is 6.08. The molecule has 0 fully saturated rings. The molecule has 1 heterocycles. The summed E-state index contributed by atoms with van der Waals surface area (Å²) >= 11 is 11.0. The van der Waals surface area contributed by atoms with Crippen LogP contribution in [0.5, 0.6) is 11.6 Å². The van der Waals surface area contributed by atoms with Crippen LogP contribution < -0.4 is 10.5 Å². The van der Waals surface area contributed by atoms with Gasteiger partial charge in [-0.3, -0.25) is 0 Å². The third kappa shape index (κ3) is 3.43. The Kier molecular flexibility index (Phi) is 4.02. The molecule has 0 spiro atoms. The SMILES string of the molecule is Cc1ccc(Cl)c(Oc2cc(C(N)=S)cc(C)n2)c1. The molecule has 2 N–H and O–H groups in total. The first kappa shape index (κ1) is 13.8. The van der Waals surface area contributed by atoms with Crippen LogP contribution in [-0.4, -0.2) is 9.97 Å². The predicted molar refractivity (Wildman–Crippen MR) is 81.1 cm³/mol. The molecule has 0 unspecified atom stereocenters. The fourth-order valence-electron chi connectivity index (χ4n) is 1.63. The van der Waals surface area contributed by atoms with Crippen molar-refractivity contribution < 1.29 is 4.74 Å². The smallest absolute Gasteiger partial charge is 0.220 e. The Morgan fingerprint density at radius 2 is 2.00 bits per heavy atom. The normalized spacial score (nSPS) is 10.3. The molecule has 3 nitrogen and oxygen atoms in total. The summed E-state index contributed by atoms with van der Waals surface area (Å²) in [6.07, 6.45) is 0. The Bertz CT molecular complexity index is 643. The lowest BCUT2D eigenvalue weighted by Gasteiger charge is -2.09. The first-order valence-corrected chi connectivity index (χ1v) is 6.47. The second-order valence-electron chi connectivity index (χ2n) is 4.24. The summed E-state index contributed by atoms with van der Waals surface area (Å²) in [6.45, 7) is 3.82. The standard InChI is InChI=1S/C14H13ClN2OS/c1-8-3-4-11(15)12(5-8)18-13-7-10(14(16)19)6-9(2)17-13/h3-7H,1-2H3,(H2,16,19). The third-order valence-corrected chi connectivity index (χ3v) is 3.06. The number of halogens is 1. The van der Waals surface area contributed by atoms with Crippen LogP contribution in [0.15, 0.2) is 30.3 Å². The predicted octanol–water partition coefficient (Wildman–Crippen LogP) is 3.78. The van der Waals surface area contributed by atoms with Crippen molar-refractivity contribution in [2.24, 2.45) is 5.73 Å². The highest BCUT2D eigenvalue weighted by Crippen LogP contribution is 2.29. The summed E-state index contributed by atoms with van der Waals surface area (Å²) < 4.78 is 5.70. The van der Waals surface area contributed by atoms with E-state index in [4.69, 9.17) is 34.3 Å². The summed E-state index contributed by atoms with van der Waals surface area (Å²) in [4.78, 5) is 4.60. The van der Waals surface area contributed by atoms with E-state index in [-0.39, 0.29) is 0 Å². The summed E-state index contributed by atoms with van der Waals surface area (Å²) in [5.41, 5.74) is 8.18. The number of nitrogens with two attached hydrogens (primary N) is 1. The van der Waals surface area contributed by atoms with Gasteiger partial charge in [-0.15, -0.1) is 0 Å². The molecule has 0 atom stereocenters. The van der Waals surface area contributed by atoms with Crippen LogP contribution >= 0.6 is 23.8 Å². The minimum atomic E-state index is 0.311. The number of pyridine rings is 1. The van der Waals surface area contributed by atoms with Gasteiger partial charge >= 0.3 is 0 Å². The first-order chi connectivity index (χ1) is 8.95. The number of hydrogen-bond acceptors (Lipinski definition) is 3. The Morgan fingerprint density at radius 1 is 1.26 bits per heavy atom. The molecular formula is C14H13ClN2OS. The molecule has 0 saturated heterocycles. The van der Waals surface area contributed by atoms with Crippen molar-refractivity contribution in [3.05, 3.63) is 52.2 Å². The Balaban J connectivity index is 2.38. The van der Waals surface area contributed by atoms with Crippen LogP contribution in [0.4, 0.5) is 0 Å². The lowest BCUT2D eigenvalue weighted by molar-refractivity contribution is 0.461. The molecule has 0 aliphatic rings. The van der Waals surface area contributed by atoms with E-state index in [0.717, 1.165) is 16.8 Å². The number of ether oxygens (including phenoxy) is 1. The van der Waals surface area contributed by atoms with Gasteiger partial charge in [0.15, 0.2) is 0 Å². The third-order valence-electron chi connectivity index (χ3n) is 2.52. The zero-order valence-electron chi connectivity index (χ0n) is 10.6. The fourth-order valence-corrected chi connectivity index (χ4v) is 1.91. The number of nitrogens with zero attached hydrogens (tertiary/aromatic N) is 1. The number of aromatic nitrogens is 1. The van der Waals surface area contributed by atoms with Crippen molar-refractivity contribution in [3.8, 4) is 11.6 Å². The van der Waals surface area contributed by atoms with Crippen LogP contribution in [0.2, 0.25) is 5.02 Å². The zero-order valence-corrected chi connectivity index (χ0v) is 12.2. The van der Waals surface area contributed by atoms with Crippen LogP contribution in [-0.2, 0) is 0 Å². The van der Waals surface area contributed by atoms with Gasteiger partial charge in [-0.1, -0.05) is 29.9 Å². The molecule has 19 heavy (non-hydrogen) atoms. The highest BCUT2D eigenvalue weighted by atomic mass is 35.5. The molecule has 2 aromatic rings. The highest BCUT2D eigenvalue weighted by molar-refractivity contribution is 7.80. The van der Waals surface area contributed by atoms with E-state index < -0.39 is 0 Å². The maximum absolute atomic E-state index is 6.08. The van der Waals surface area contributed by atoms with Crippen LogP contribution in [0.25, 0.3) is 0 Å². The second-order valence-corrected chi connectivity index (χ2v) is 5.08. The van der Waals surface area contributed by atoms with Gasteiger partial charge in [-0.25, -0.2) is 4.98 Å². The van der Waals surface area contributed by atoms with E-state index in [1.165, 1.54) is 0 Å².